The highest BCUT2D eigenvalue weighted by molar-refractivity contribution is 5.98. The molecule has 0 aliphatic rings. The number of alkyl halides is 2. The van der Waals surface area contributed by atoms with Crippen LogP contribution < -0.4 is 9.47 Å². The van der Waals surface area contributed by atoms with Crippen LogP contribution in [0.3, 0.4) is 0 Å². The number of hydrogen-bond donors (Lipinski definition) is 0. The van der Waals surface area contributed by atoms with Crippen molar-refractivity contribution >= 4 is 5.78 Å². The van der Waals surface area contributed by atoms with Crippen molar-refractivity contribution in [3.05, 3.63) is 23.8 Å². The third-order valence-corrected chi connectivity index (χ3v) is 2.51. The van der Waals surface area contributed by atoms with E-state index < -0.39 is 12.5 Å². The van der Waals surface area contributed by atoms with Crippen molar-refractivity contribution < 1.29 is 23.0 Å². The Balaban J connectivity index is 3.04. The predicted molar refractivity (Wildman–Crippen MR) is 63.4 cm³/mol. The number of benzene rings is 1. The van der Waals surface area contributed by atoms with E-state index in [1.54, 1.807) is 6.92 Å². The van der Waals surface area contributed by atoms with Crippen molar-refractivity contribution in [3.8, 4) is 17.6 Å². The Bertz CT molecular complexity index is 497. The van der Waals surface area contributed by atoms with Gasteiger partial charge < -0.3 is 9.47 Å². The number of carbonyl (C=O) groups is 1. The van der Waals surface area contributed by atoms with E-state index in [9.17, 15) is 13.6 Å². The molecule has 6 heteroatoms. The summed E-state index contributed by atoms with van der Waals surface area (Å²) in [6.07, 6.45) is 0.0654. The zero-order chi connectivity index (χ0) is 14.4. The summed E-state index contributed by atoms with van der Waals surface area (Å²) in [6.45, 7) is -1.40. The van der Waals surface area contributed by atoms with Gasteiger partial charge in [0, 0.05) is 17.9 Å². The van der Waals surface area contributed by atoms with Gasteiger partial charge in [-0.15, -0.1) is 0 Å². The first-order chi connectivity index (χ1) is 8.99. The van der Waals surface area contributed by atoms with Gasteiger partial charge in [0.15, 0.2) is 17.3 Å². The molecule has 1 atom stereocenters. The van der Waals surface area contributed by atoms with E-state index in [-0.39, 0.29) is 29.3 Å². The second-order valence-electron chi connectivity index (χ2n) is 3.87. The van der Waals surface area contributed by atoms with E-state index in [1.807, 2.05) is 6.07 Å². The van der Waals surface area contributed by atoms with Crippen molar-refractivity contribution in [2.45, 2.75) is 20.0 Å². The van der Waals surface area contributed by atoms with Gasteiger partial charge in [0.25, 0.3) is 0 Å². The van der Waals surface area contributed by atoms with Crippen LogP contribution in [0.5, 0.6) is 11.5 Å². The van der Waals surface area contributed by atoms with Crippen LogP contribution in [-0.4, -0.2) is 19.5 Å². The Hall–Kier alpha value is -2.16. The second kappa shape index (κ2) is 6.69. The van der Waals surface area contributed by atoms with Gasteiger partial charge in [-0.3, -0.25) is 4.79 Å². The van der Waals surface area contributed by atoms with E-state index >= 15 is 0 Å². The summed E-state index contributed by atoms with van der Waals surface area (Å²) in [6, 6.07) is 5.92. The highest BCUT2D eigenvalue weighted by atomic mass is 19.3. The van der Waals surface area contributed by atoms with Crippen molar-refractivity contribution in [1.82, 2.24) is 0 Å². The molecule has 0 aliphatic carbocycles. The van der Waals surface area contributed by atoms with Crippen LogP contribution in [0.15, 0.2) is 18.2 Å². The van der Waals surface area contributed by atoms with E-state index in [2.05, 4.69) is 4.74 Å². The monoisotopic (exact) mass is 269 g/mol. The molecule has 0 saturated carbocycles. The quantitative estimate of drug-likeness (QED) is 0.745. The normalized spacial score (nSPS) is 11.8. The van der Waals surface area contributed by atoms with Crippen molar-refractivity contribution in [3.63, 3.8) is 0 Å². The number of ketones is 1. The Morgan fingerprint density at radius 2 is 2.11 bits per heavy atom. The van der Waals surface area contributed by atoms with Crippen LogP contribution in [0, 0.1) is 17.2 Å². The largest absolute Gasteiger partial charge is 0.493 e. The number of hydrogen-bond acceptors (Lipinski definition) is 4. The minimum atomic E-state index is -3.00. The molecule has 102 valence electrons. The van der Waals surface area contributed by atoms with E-state index in [1.165, 1.54) is 25.3 Å². The van der Waals surface area contributed by atoms with E-state index in [4.69, 9.17) is 10.00 Å². The SMILES string of the molecule is COc1ccc(C(=O)C(C)CC#N)cc1OC(F)F. The smallest absolute Gasteiger partial charge is 0.387 e. The molecular weight excluding hydrogens is 256 g/mol. The zero-order valence-corrected chi connectivity index (χ0v) is 10.5. The lowest BCUT2D eigenvalue weighted by Gasteiger charge is -2.12. The lowest BCUT2D eigenvalue weighted by molar-refractivity contribution is -0.0512. The lowest BCUT2D eigenvalue weighted by atomic mass is 9.97. The summed E-state index contributed by atoms with van der Waals surface area (Å²) < 4.78 is 33.6. The van der Waals surface area contributed by atoms with Crippen LogP contribution in [0.25, 0.3) is 0 Å². The summed E-state index contributed by atoms with van der Waals surface area (Å²) in [4.78, 5) is 11.9. The maximum absolute atomic E-state index is 12.2. The molecule has 1 aromatic rings. The molecule has 0 radical (unpaired) electrons. The van der Waals surface area contributed by atoms with Gasteiger partial charge in [-0.2, -0.15) is 14.0 Å². The van der Waals surface area contributed by atoms with Gasteiger partial charge in [0.05, 0.1) is 13.2 Å². The molecule has 4 nitrogen and oxygen atoms in total. The maximum atomic E-state index is 12.2. The lowest BCUT2D eigenvalue weighted by Crippen LogP contribution is -2.11. The fraction of sp³-hybridized carbons (Fsp3) is 0.385. The Kier molecular flexibility index (Phi) is 5.24. The van der Waals surface area contributed by atoms with Crippen LogP contribution >= 0.6 is 0 Å². The molecule has 1 aromatic carbocycles. The average molecular weight is 269 g/mol. The molecule has 0 amide bonds. The van der Waals surface area contributed by atoms with Gasteiger partial charge in [-0.25, -0.2) is 0 Å². The number of Topliss-reactive ketones (excluding diaryl/α,β-unsaturated/α-hetero) is 1. The molecule has 0 spiro atoms. The number of carbonyl (C=O) groups excluding carboxylic acids is 1. The third kappa shape index (κ3) is 3.91. The first-order valence-electron chi connectivity index (χ1n) is 5.53. The fourth-order valence-corrected chi connectivity index (χ4v) is 1.53. The predicted octanol–water partition coefficient (Wildman–Crippen LogP) is 3.03. The minimum Gasteiger partial charge on any atom is -0.493 e. The Labute approximate surface area is 109 Å². The van der Waals surface area contributed by atoms with Crippen molar-refractivity contribution in [2.75, 3.05) is 7.11 Å². The topological polar surface area (TPSA) is 59.3 Å². The summed E-state index contributed by atoms with van der Waals surface area (Å²) in [5.41, 5.74) is 0.208. The highest BCUT2D eigenvalue weighted by Crippen LogP contribution is 2.30. The number of ether oxygens (including phenoxy) is 2. The third-order valence-electron chi connectivity index (χ3n) is 2.51. The first kappa shape index (κ1) is 14.9. The summed E-state index contributed by atoms with van der Waals surface area (Å²) in [5, 5.41) is 8.54. The highest BCUT2D eigenvalue weighted by Gasteiger charge is 2.18. The zero-order valence-electron chi connectivity index (χ0n) is 10.5. The molecule has 0 aromatic heterocycles. The standard InChI is InChI=1S/C13H13F2NO3/c1-8(5-6-16)12(17)9-3-4-10(18-2)11(7-9)19-13(14)15/h3-4,7-8,13H,5H2,1-2H3. The number of nitrogens with zero attached hydrogens (tertiary/aromatic N) is 1. The van der Waals surface area contributed by atoms with Crippen LogP contribution in [0.1, 0.15) is 23.7 Å². The van der Waals surface area contributed by atoms with Gasteiger partial charge in [-0.05, 0) is 18.2 Å². The molecule has 0 saturated heterocycles. The fourth-order valence-electron chi connectivity index (χ4n) is 1.53. The van der Waals surface area contributed by atoms with Crippen molar-refractivity contribution in [2.24, 2.45) is 5.92 Å². The molecule has 0 heterocycles. The minimum absolute atomic E-state index is 0.0654. The van der Waals surface area contributed by atoms with E-state index in [0.29, 0.717) is 0 Å². The van der Waals surface area contributed by atoms with Gasteiger partial charge in [0.1, 0.15) is 0 Å². The van der Waals surface area contributed by atoms with Crippen LogP contribution in [-0.2, 0) is 0 Å². The summed E-state index contributed by atoms with van der Waals surface area (Å²) in [7, 11) is 1.31. The number of rotatable bonds is 6. The van der Waals surface area contributed by atoms with Gasteiger partial charge in [0.2, 0.25) is 0 Å². The molecular formula is C13H13F2NO3. The molecule has 0 aliphatic heterocycles. The first-order valence-corrected chi connectivity index (χ1v) is 5.53. The van der Waals surface area contributed by atoms with Gasteiger partial charge >= 0.3 is 6.61 Å². The van der Waals surface area contributed by atoms with E-state index in [0.717, 1.165) is 0 Å². The van der Waals surface area contributed by atoms with Crippen LogP contribution in [0.4, 0.5) is 8.78 Å². The molecule has 0 N–H and O–H groups in total. The Morgan fingerprint density at radius 3 is 2.63 bits per heavy atom. The molecule has 19 heavy (non-hydrogen) atoms. The maximum Gasteiger partial charge on any atom is 0.387 e. The number of nitriles is 1. The Morgan fingerprint density at radius 1 is 1.42 bits per heavy atom. The molecule has 1 rings (SSSR count). The van der Waals surface area contributed by atoms with Crippen LogP contribution in [0.2, 0.25) is 0 Å². The number of halogens is 2. The average Bonchev–Trinajstić information content (AvgIpc) is 2.37. The molecule has 0 bridgehead atoms. The molecule has 1 unspecified atom stereocenters. The molecule has 0 fully saturated rings. The second-order valence-corrected chi connectivity index (χ2v) is 3.87. The number of methoxy groups -OCH3 is 1. The summed E-state index contributed by atoms with van der Waals surface area (Å²) >= 11 is 0. The van der Waals surface area contributed by atoms with Crippen molar-refractivity contribution in [1.29, 1.82) is 5.26 Å². The summed E-state index contributed by atoms with van der Waals surface area (Å²) in [5.74, 6) is -0.890. The van der Waals surface area contributed by atoms with Gasteiger partial charge in [-0.1, -0.05) is 6.92 Å².